The summed E-state index contributed by atoms with van der Waals surface area (Å²) in [5, 5.41) is 18.9. The second-order valence-corrected chi connectivity index (χ2v) is 4.72. The molecule has 3 N–H and O–H groups in total. The number of carboxylic acid groups (broad SMARTS) is 1. The molecule has 0 radical (unpaired) electrons. The maximum atomic E-state index is 12.8. The van der Waals surface area contributed by atoms with E-state index < -0.39 is 29.8 Å². The number of nitrogens with one attached hydrogen (secondary N) is 1. The fourth-order valence-electron chi connectivity index (χ4n) is 1.37. The number of nitrogens with zero attached hydrogens (tertiary/aromatic N) is 1. The van der Waals surface area contributed by atoms with E-state index in [1.807, 2.05) is 0 Å². The molecule has 6 nitrogen and oxygen atoms in total. The predicted molar refractivity (Wildman–Crippen MR) is 64.2 cm³/mol. The van der Waals surface area contributed by atoms with Crippen LogP contribution in [0.4, 0.5) is 18.0 Å². The van der Waals surface area contributed by atoms with Gasteiger partial charge < -0.3 is 20.4 Å². The van der Waals surface area contributed by atoms with Crippen LogP contribution in [0.15, 0.2) is 0 Å². The SMILES string of the molecule is CC(C)N(CCCO)C(=O)NC(C)(C(=O)O)C(F)(F)F. The van der Waals surface area contributed by atoms with Crippen LogP contribution in [0.1, 0.15) is 27.2 Å². The first kappa shape index (κ1) is 18.5. The van der Waals surface area contributed by atoms with Crippen LogP contribution < -0.4 is 5.32 Å². The zero-order valence-corrected chi connectivity index (χ0v) is 11.5. The Morgan fingerprint density at radius 1 is 1.30 bits per heavy atom. The first-order chi connectivity index (χ1) is 8.97. The molecule has 0 aliphatic heterocycles. The standard InChI is InChI=1S/C11H19F3N2O4/c1-7(2)16(5-4-6-17)9(20)15-10(3,8(18)19)11(12,13)14/h7,17H,4-6H2,1-3H3,(H,15,20)(H,18,19). The average molecular weight is 300 g/mol. The van der Waals surface area contributed by atoms with Gasteiger partial charge in [0.15, 0.2) is 0 Å². The van der Waals surface area contributed by atoms with E-state index in [9.17, 15) is 22.8 Å². The Labute approximate surface area is 114 Å². The highest BCUT2D eigenvalue weighted by Crippen LogP contribution is 2.30. The fourth-order valence-corrected chi connectivity index (χ4v) is 1.37. The van der Waals surface area contributed by atoms with Crippen molar-refractivity contribution in [1.29, 1.82) is 0 Å². The predicted octanol–water partition coefficient (Wildman–Crippen LogP) is 1.19. The van der Waals surface area contributed by atoms with Crippen LogP contribution in [0.2, 0.25) is 0 Å². The molecule has 0 aliphatic carbocycles. The van der Waals surface area contributed by atoms with Crippen molar-refractivity contribution in [3.05, 3.63) is 0 Å². The second kappa shape index (κ2) is 6.78. The monoisotopic (exact) mass is 300 g/mol. The Morgan fingerprint density at radius 3 is 2.10 bits per heavy atom. The molecule has 2 amide bonds. The molecule has 0 rings (SSSR count). The lowest BCUT2D eigenvalue weighted by Gasteiger charge is -2.33. The van der Waals surface area contributed by atoms with Gasteiger partial charge in [0.2, 0.25) is 5.54 Å². The van der Waals surface area contributed by atoms with Gasteiger partial charge in [-0.05, 0) is 27.2 Å². The van der Waals surface area contributed by atoms with Gasteiger partial charge in [0.25, 0.3) is 0 Å². The summed E-state index contributed by atoms with van der Waals surface area (Å²) in [4.78, 5) is 23.7. The van der Waals surface area contributed by atoms with Gasteiger partial charge in [0.1, 0.15) is 0 Å². The van der Waals surface area contributed by atoms with E-state index in [4.69, 9.17) is 10.2 Å². The third-order valence-electron chi connectivity index (χ3n) is 2.79. The molecule has 0 aromatic carbocycles. The number of rotatable bonds is 6. The number of carbonyl (C=O) groups excluding carboxylic acids is 1. The summed E-state index contributed by atoms with van der Waals surface area (Å²) in [6, 6.07) is -1.58. The molecule has 9 heteroatoms. The zero-order chi connectivity index (χ0) is 16.1. The first-order valence-corrected chi connectivity index (χ1v) is 5.97. The summed E-state index contributed by atoms with van der Waals surface area (Å²) in [7, 11) is 0. The number of aliphatic carboxylic acids is 1. The smallest absolute Gasteiger partial charge is 0.422 e. The van der Waals surface area contributed by atoms with Gasteiger partial charge in [-0.3, -0.25) is 0 Å². The number of carbonyl (C=O) groups is 2. The summed E-state index contributed by atoms with van der Waals surface area (Å²) in [5.41, 5.74) is -3.36. The van der Waals surface area contributed by atoms with Crippen molar-refractivity contribution in [3.8, 4) is 0 Å². The topological polar surface area (TPSA) is 89.9 Å². The van der Waals surface area contributed by atoms with Gasteiger partial charge >= 0.3 is 18.2 Å². The highest BCUT2D eigenvalue weighted by molar-refractivity contribution is 5.86. The molecular formula is C11H19F3N2O4. The van der Waals surface area contributed by atoms with Crippen LogP contribution in [0.3, 0.4) is 0 Å². The third kappa shape index (κ3) is 4.26. The van der Waals surface area contributed by atoms with Crippen molar-refractivity contribution >= 4 is 12.0 Å². The van der Waals surface area contributed by atoms with E-state index in [0.29, 0.717) is 6.92 Å². The molecule has 20 heavy (non-hydrogen) atoms. The van der Waals surface area contributed by atoms with Crippen LogP contribution >= 0.6 is 0 Å². The molecule has 1 atom stereocenters. The Hall–Kier alpha value is -1.51. The number of urea groups is 1. The number of amides is 2. The minimum atomic E-state index is -5.13. The van der Waals surface area contributed by atoms with E-state index in [0.717, 1.165) is 4.90 Å². The number of halogens is 3. The van der Waals surface area contributed by atoms with Gasteiger partial charge in [-0.25, -0.2) is 9.59 Å². The maximum Gasteiger partial charge on any atom is 0.422 e. The Bertz CT molecular complexity index is 360. The summed E-state index contributed by atoms with van der Waals surface area (Å²) in [6.45, 7) is 3.32. The van der Waals surface area contributed by atoms with Crippen molar-refractivity contribution in [2.45, 2.75) is 44.9 Å². The van der Waals surface area contributed by atoms with Gasteiger partial charge in [0.05, 0.1) is 0 Å². The summed E-state index contributed by atoms with van der Waals surface area (Å²) in [6.07, 6.45) is -4.95. The van der Waals surface area contributed by atoms with Crippen LogP contribution in [-0.2, 0) is 4.79 Å². The van der Waals surface area contributed by atoms with Crippen molar-refractivity contribution in [1.82, 2.24) is 10.2 Å². The van der Waals surface area contributed by atoms with Gasteiger partial charge in [0, 0.05) is 19.2 Å². The quantitative estimate of drug-likeness (QED) is 0.687. The maximum absolute atomic E-state index is 12.8. The lowest BCUT2D eigenvalue weighted by atomic mass is 10.0. The highest BCUT2D eigenvalue weighted by atomic mass is 19.4. The normalized spacial score (nSPS) is 14.8. The number of hydrogen-bond acceptors (Lipinski definition) is 3. The molecule has 0 heterocycles. The zero-order valence-electron chi connectivity index (χ0n) is 11.5. The lowest BCUT2D eigenvalue weighted by molar-refractivity contribution is -0.203. The third-order valence-corrected chi connectivity index (χ3v) is 2.79. The fraction of sp³-hybridized carbons (Fsp3) is 0.818. The number of aliphatic hydroxyl groups is 1. The summed E-state index contributed by atoms with van der Waals surface area (Å²) >= 11 is 0. The minimum Gasteiger partial charge on any atom is -0.479 e. The molecule has 0 saturated heterocycles. The van der Waals surface area contributed by atoms with Crippen LogP contribution in [0.25, 0.3) is 0 Å². The van der Waals surface area contributed by atoms with Crippen LogP contribution in [0.5, 0.6) is 0 Å². The second-order valence-electron chi connectivity index (χ2n) is 4.72. The molecule has 118 valence electrons. The Balaban J connectivity index is 5.13. The number of hydrogen-bond donors (Lipinski definition) is 3. The molecule has 0 saturated carbocycles. The molecule has 0 aromatic rings. The van der Waals surface area contributed by atoms with Crippen molar-refractivity contribution in [2.24, 2.45) is 0 Å². The van der Waals surface area contributed by atoms with E-state index in [2.05, 4.69) is 0 Å². The van der Waals surface area contributed by atoms with Gasteiger partial charge in [-0.2, -0.15) is 13.2 Å². The van der Waals surface area contributed by atoms with E-state index in [1.165, 1.54) is 5.32 Å². The summed E-state index contributed by atoms with van der Waals surface area (Å²) < 4.78 is 38.3. The molecule has 0 aromatic heterocycles. The number of carboxylic acids is 1. The van der Waals surface area contributed by atoms with E-state index in [1.54, 1.807) is 13.8 Å². The van der Waals surface area contributed by atoms with Gasteiger partial charge in [-0.15, -0.1) is 0 Å². The summed E-state index contributed by atoms with van der Waals surface area (Å²) in [5.74, 6) is -2.19. The number of aliphatic hydroxyl groups excluding tert-OH is 1. The molecule has 0 bridgehead atoms. The highest BCUT2D eigenvalue weighted by Gasteiger charge is 2.58. The Morgan fingerprint density at radius 2 is 1.80 bits per heavy atom. The minimum absolute atomic E-state index is 0.0214. The Kier molecular flexibility index (Phi) is 6.27. The molecule has 1 unspecified atom stereocenters. The lowest BCUT2D eigenvalue weighted by Crippen LogP contribution is -2.64. The first-order valence-electron chi connectivity index (χ1n) is 5.97. The average Bonchev–Trinajstić information content (AvgIpc) is 2.26. The van der Waals surface area contributed by atoms with Crippen molar-refractivity contribution < 1.29 is 33.0 Å². The van der Waals surface area contributed by atoms with Gasteiger partial charge in [-0.1, -0.05) is 0 Å². The van der Waals surface area contributed by atoms with Crippen molar-refractivity contribution in [3.63, 3.8) is 0 Å². The van der Waals surface area contributed by atoms with Crippen molar-refractivity contribution in [2.75, 3.05) is 13.2 Å². The molecule has 0 fully saturated rings. The molecular weight excluding hydrogens is 281 g/mol. The molecule has 0 aliphatic rings. The molecule has 0 spiro atoms. The largest absolute Gasteiger partial charge is 0.479 e. The van der Waals surface area contributed by atoms with E-state index >= 15 is 0 Å². The van der Waals surface area contributed by atoms with Crippen LogP contribution in [0, 0.1) is 0 Å². The van der Waals surface area contributed by atoms with E-state index in [-0.39, 0.29) is 19.6 Å². The number of alkyl halides is 3. The van der Waals surface area contributed by atoms with Crippen LogP contribution in [-0.4, -0.2) is 58.0 Å².